The third-order valence-electron chi connectivity index (χ3n) is 8.89. The molecule has 0 saturated carbocycles. The number of allylic oxidation sites excluding steroid dienone is 3. The van der Waals surface area contributed by atoms with Crippen LogP contribution in [0.1, 0.15) is 79.0 Å². The number of benzene rings is 2. The Morgan fingerprint density at radius 1 is 1.15 bits per heavy atom. The van der Waals surface area contributed by atoms with Gasteiger partial charge in [0.2, 0.25) is 5.91 Å². The van der Waals surface area contributed by atoms with E-state index in [4.69, 9.17) is 14.5 Å². The van der Waals surface area contributed by atoms with Gasteiger partial charge in [-0.05, 0) is 92.5 Å². The minimum Gasteiger partial charge on any atom is -0.493 e. The Morgan fingerprint density at radius 3 is 2.68 bits per heavy atom. The molecule has 1 unspecified atom stereocenters. The van der Waals surface area contributed by atoms with Gasteiger partial charge in [0.05, 0.1) is 41.6 Å². The first-order valence-electron chi connectivity index (χ1n) is 17.9. The first-order valence-corrected chi connectivity index (χ1v) is 19.1. The van der Waals surface area contributed by atoms with Gasteiger partial charge >= 0.3 is 0 Å². The first kappa shape index (κ1) is 39.4. The number of amides is 3. The minimum atomic E-state index is -0.297. The van der Waals surface area contributed by atoms with E-state index in [9.17, 15) is 14.4 Å². The number of nitrogens with zero attached hydrogens (tertiary/aromatic N) is 2. The van der Waals surface area contributed by atoms with Gasteiger partial charge in [0.15, 0.2) is 11.5 Å². The summed E-state index contributed by atoms with van der Waals surface area (Å²) in [6.07, 6.45) is 13.8. The molecule has 5 rings (SSSR count). The maximum atomic E-state index is 13.7. The van der Waals surface area contributed by atoms with Crippen molar-refractivity contribution in [2.45, 2.75) is 64.2 Å². The number of nitrogens with one attached hydrogen (secondary N) is 3. The summed E-state index contributed by atoms with van der Waals surface area (Å²) in [5.74, 6) is 0.554. The molecule has 1 aromatic heterocycles. The SMILES string of the molecule is C/C=C\C1=C(CC)CN2C(=O)c3cc(OC)c(OCCCC(=O)NC(/C=C/c4ccc5sc(C(=O)NCC(C)(C)S)cc5c4)=C/NC)cc3N=CC2C1. The highest BCUT2D eigenvalue weighted by molar-refractivity contribution is 7.81. The van der Waals surface area contributed by atoms with E-state index < -0.39 is 0 Å². The fourth-order valence-corrected chi connectivity index (χ4v) is 7.21. The molecule has 280 valence electrons. The predicted octanol–water partition coefficient (Wildman–Crippen LogP) is 7.61. The summed E-state index contributed by atoms with van der Waals surface area (Å²) in [6.45, 7) is 9.33. The van der Waals surface area contributed by atoms with E-state index in [1.807, 2.05) is 74.4 Å². The number of rotatable bonds is 15. The number of fused-ring (bicyclic) bond motifs is 3. The van der Waals surface area contributed by atoms with Crippen LogP contribution in [0.2, 0.25) is 0 Å². The second kappa shape index (κ2) is 17.8. The zero-order valence-electron chi connectivity index (χ0n) is 31.2. The van der Waals surface area contributed by atoms with Crippen LogP contribution in [0.4, 0.5) is 5.69 Å². The van der Waals surface area contributed by atoms with Crippen molar-refractivity contribution in [2.75, 3.05) is 33.9 Å². The number of ether oxygens (including phenoxy) is 2. The van der Waals surface area contributed by atoms with E-state index in [2.05, 4.69) is 41.6 Å². The number of methoxy groups -OCH3 is 1. The Hall–Kier alpha value is -4.81. The van der Waals surface area contributed by atoms with Gasteiger partial charge in [0.1, 0.15) is 0 Å². The second-order valence-electron chi connectivity index (χ2n) is 13.6. The summed E-state index contributed by atoms with van der Waals surface area (Å²) in [4.78, 5) is 46.6. The van der Waals surface area contributed by atoms with Crippen LogP contribution >= 0.6 is 24.0 Å². The molecule has 3 amide bonds. The summed E-state index contributed by atoms with van der Waals surface area (Å²) >= 11 is 5.93. The Labute approximate surface area is 321 Å². The fraction of sp³-hybridized carbons (Fsp3) is 0.366. The molecule has 3 heterocycles. The monoisotopic (exact) mass is 755 g/mol. The molecular formula is C41H49N5O5S2. The third-order valence-corrected chi connectivity index (χ3v) is 10.2. The molecule has 0 aliphatic carbocycles. The van der Waals surface area contributed by atoms with Crippen LogP contribution in [0, 0.1) is 0 Å². The van der Waals surface area contributed by atoms with Crippen molar-refractivity contribution < 1.29 is 23.9 Å². The lowest BCUT2D eigenvalue weighted by Crippen LogP contribution is -2.44. The Kier molecular flexibility index (Phi) is 13.2. The van der Waals surface area contributed by atoms with Crippen LogP contribution in [0.15, 0.2) is 82.7 Å². The number of thiophene rings is 1. The number of hydrogen-bond donors (Lipinski definition) is 4. The van der Waals surface area contributed by atoms with E-state index in [0.29, 0.717) is 52.8 Å². The Morgan fingerprint density at radius 2 is 1.96 bits per heavy atom. The zero-order valence-corrected chi connectivity index (χ0v) is 33.0. The highest BCUT2D eigenvalue weighted by Crippen LogP contribution is 2.39. The van der Waals surface area contributed by atoms with Gasteiger partial charge in [-0.2, -0.15) is 12.6 Å². The summed E-state index contributed by atoms with van der Waals surface area (Å²) in [5, 5.41) is 9.85. The molecule has 53 heavy (non-hydrogen) atoms. The zero-order chi connectivity index (χ0) is 38.1. The van der Waals surface area contributed by atoms with Crippen molar-refractivity contribution in [1.29, 1.82) is 0 Å². The third kappa shape index (κ3) is 10.2. The number of hydrogen-bond acceptors (Lipinski definition) is 9. The quantitative estimate of drug-likeness (QED) is 0.0720. The van der Waals surface area contributed by atoms with Crippen molar-refractivity contribution in [3.8, 4) is 11.5 Å². The molecule has 0 saturated heterocycles. The van der Waals surface area contributed by atoms with Gasteiger partial charge in [-0.25, -0.2) is 0 Å². The molecule has 2 aliphatic heterocycles. The number of carbonyl (C=O) groups excluding carboxylic acids is 3. The Bertz CT molecular complexity index is 2000. The van der Waals surface area contributed by atoms with Crippen molar-refractivity contribution in [2.24, 2.45) is 4.99 Å². The van der Waals surface area contributed by atoms with Crippen molar-refractivity contribution in [1.82, 2.24) is 20.9 Å². The molecule has 10 nitrogen and oxygen atoms in total. The van der Waals surface area contributed by atoms with Crippen molar-refractivity contribution in [3.05, 3.63) is 93.7 Å². The van der Waals surface area contributed by atoms with Crippen LogP contribution in [0.25, 0.3) is 16.2 Å². The van der Waals surface area contributed by atoms with E-state index >= 15 is 0 Å². The van der Waals surface area contributed by atoms with Gasteiger partial charge in [0, 0.05) is 54.5 Å². The molecule has 1 atom stereocenters. The summed E-state index contributed by atoms with van der Waals surface area (Å²) in [5.41, 5.74) is 5.07. The molecule has 0 fully saturated rings. The molecule has 2 aromatic carbocycles. The van der Waals surface area contributed by atoms with Gasteiger partial charge in [-0.3, -0.25) is 19.4 Å². The van der Waals surface area contributed by atoms with Crippen molar-refractivity contribution in [3.63, 3.8) is 0 Å². The smallest absolute Gasteiger partial charge is 0.261 e. The van der Waals surface area contributed by atoms with E-state index in [1.165, 1.54) is 22.5 Å². The van der Waals surface area contributed by atoms with E-state index in [0.717, 1.165) is 28.5 Å². The van der Waals surface area contributed by atoms with Gasteiger partial charge in [-0.15, -0.1) is 11.3 Å². The maximum absolute atomic E-state index is 13.7. The fourth-order valence-electron chi connectivity index (χ4n) is 6.17. The first-order chi connectivity index (χ1) is 25.4. The van der Waals surface area contributed by atoms with Gasteiger partial charge in [0.25, 0.3) is 11.8 Å². The standard InChI is InChI=1S/C41H49N5O5S2/c1-7-10-28-18-31-23-43-33-21-35(34(50-6)20-32(33)40(49)46(31)24-27(28)8-2)51-16-9-11-38(47)45-30(22-42-5)14-12-26-13-15-36-29(17-26)19-37(53-36)39(48)44-25-41(3,4)52/h7,10,12-15,17,19-23,31,42,52H,8-9,11,16,18,24-25H2,1-6H3,(H,44,48)(H,45,47)/b10-7-,14-12+,30-22+. The largest absolute Gasteiger partial charge is 0.493 e. The molecule has 2 aliphatic rings. The topological polar surface area (TPSA) is 121 Å². The highest BCUT2D eigenvalue weighted by Gasteiger charge is 2.33. The summed E-state index contributed by atoms with van der Waals surface area (Å²) in [7, 11) is 3.31. The molecule has 0 radical (unpaired) electrons. The summed E-state index contributed by atoms with van der Waals surface area (Å²) in [6, 6.07) is 11.2. The van der Waals surface area contributed by atoms with Crippen LogP contribution in [-0.4, -0.2) is 73.5 Å². The number of carbonyl (C=O) groups is 3. The Balaban J connectivity index is 1.16. The molecular weight excluding hydrogens is 707 g/mol. The van der Waals surface area contributed by atoms with Crippen LogP contribution < -0.4 is 25.4 Å². The predicted molar refractivity (Wildman–Crippen MR) is 219 cm³/mol. The highest BCUT2D eigenvalue weighted by atomic mass is 32.1. The average Bonchev–Trinajstić information content (AvgIpc) is 3.52. The second-order valence-corrected chi connectivity index (χ2v) is 15.9. The molecule has 3 N–H and O–H groups in total. The lowest BCUT2D eigenvalue weighted by Gasteiger charge is -2.35. The average molecular weight is 756 g/mol. The van der Waals surface area contributed by atoms with Crippen LogP contribution in [0.5, 0.6) is 11.5 Å². The van der Waals surface area contributed by atoms with Gasteiger partial charge in [-0.1, -0.05) is 31.2 Å². The van der Waals surface area contributed by atoms with Gasteiger partial charge < -0.3 is 30.3 Å². The lowest BCUT2D eigenvalue weighted by atomic mass is 9.92. The summed E-state index contributed by atoms with van der Waals surface area (Å²) < 4.78 is 12.4. The number of aliphatic imine (C=N–C) groups is 1. The molecule has 12 heteroatoms. The maximum Gasteiger partial charge on any atom is 0.261 e. The minimum absolute atomic E-state index is 0.0797. The lowest BCUT2D eigenvalue weighted by molar-refractivity contribution is -0.120. The normalized spacial score (nSPS) is 16.2. The van der Waals surface area contributed by atoms with E-state index in [1.54, 1.807) is 32.5 Å². The van der Waals surface area contributed by atoms with Crippen molar-refractivity contribution >= 4 is 69.8 Å². The molecule has 0 spiro atoms. The molecule has 0 bridgehead atoms. The van der Waals surface area contributed by atoms with E-state index in [-0.39, 0.29) is 41.5 Å². The molecule has 3 aromatic rings. The van der Waals surface area contributed by atoms with Crippen LogP contribution in [-0.2, 0) is 4.79 Å². The van der Waals surface area contributed by atoms with Crippen LogP contribution in [0.3, 0.4) is 0 Å². The number of thiol groups is 1.